The van der Waals surface area contributed by atoms with E-state index in [-0.39, 0.29) is 0 Å². The molecule has 4 nitrogen and oxygen atoms in total. The Kier molecular flexibility index (Phi) is 2.94. The molecule has 1 aliphatic rings. The van der Waals surface area contributed by atoms with Crippen molar-refractivity contribution in [2.24, 2.45) is 0 Å². The van der Waals surface area contributed by atoms with Crippen LogP contribution in [0, 0.1) is 0 Å². The molecule has 0 spiro atoms. The minimum Gasteiger partial charge on any atom is -0.397 e. The number of benzene rings is 1. The summed E-state index contributed by atoms with van der Waals surface area (Å²) in [6.07, 6.45) is 4.10. The second-order valence-electron chi connectivity index (χ2n) is 4.57. The van der Waals surface area contributed by atoms with E-state index in [0.717, 1.165) is 43.2 Å². The molecular formula is C14H18N4. The number of piperazine rings is 1. The van der Waals surface area contributed by atoms with Crippen LogP contribution in [0.25, 0.3) is 5.69 Å². The fourth-order valence-electron chi connectivity index (χ4n) is 2.38. The van der Waals surface area contributed by atoms with E-state index in [2.05, 4.69) is 26.9 Å². The van der Waals surface area contributed by atoms with Crippen molar-refractivity contribution in [3.63, 3.8) is 0 Å². The van der Waals surface area contributed by atoms with Gasteiger partial charge < -0.3 is 20.5 Å². The number of rotatable bonds is 2. The fourth-order valence-corrected chi connectivity index (χ4v) is 2.38. The average Bonchev–Trinajstić information content (AvgIpc) is 2.94. The Bertz CT molecular complexity index is 513. The van der Waals surface area contributed by atoms with Crippen LogP contribution in [-0.2, 0) is 0 Å². The van der Waals surface area contributed by atoms with Gasteiger partial charge in [0, 0.05) is 44.3 Å². The summed E-state index contributed by atoms with van der Waals surface area (Å²) < 4.78 is 2.10. The summed E-state index contributed by atoms with van der Waals surface area (Å²) in [5.41, 5.74) is 9.25. The monoisotopic (exact) mass is 242 g/mol. The number of hydrogen-bond donors (Lipinski definition) is 2. The van der Waals surface area contributed by atoms with Crippen molar-refractivity contribution >= 4 is 11.4 Å². The molecule has 0 radical (unpaired) electrons. The Morgan fingerprint density at radius 3 is 2.50 bits per heavy atom. The van der Waals surface area contributed by atoms with Crippen LogP contribution in [0.2, 0.25) is 0 Å². The zero-order valence-electron chi connectivity index (χ0n) is 10.3. The molecule has 94 valence electrons. The summed E-state index contributed by atoms with van der Waals surface area (Å²) in [6.45, 7) is 4.07. The molecule has 18 heavy (non-hydrogen) atoms. The van der Waals surface area contributed by atoms with Crippen LogP contribution >= 0.6 is 0 Å². The zero-order chi connectivity index (χ0) is 12.4. The third-order valence-electron chi connectivity index (χ3n) is 3.37. The predicted molar refractivity (Wildman–Crippen MR) is 75.3 cm³/mol. The van der Waals surface area contributed by atoms with Crippen LogP contribution < -0.4 is 16.0 Å². The summed E-state index contributed by atoms with van der Waals surface area (Å²) in [4.78, 5) is 2.35. The van der Waals surface area contributed by atoms with Gasteiger partial charge in [0.15, 0.2) is 0 Å². The minimum absolute atomic E-state index is 0.854. The van der Waals surface area contributed by atoms with Gasteiger partial charge in [-0.15, -0.1) is 0 Å². The first-order valence-corrected chi connectivity index (χ1v) is 6.33. The molecule has 1 aromatic carbocycles. The van der Waals surface area contributed by atoms with E-state index in [4.69, 9.17) is 5.73 Å². The van der Waals surface area contributed by atoms with Crippen LogP contribution in [0.1, 0.15) is 0 Å². The van der Waals surface area contributed by atoms with Crippen molar-refractivity contribution in [3.05, 3.63) is 42.7 Å². The van der Waals surface area contributed by atoms with Gasteiger partial charge in [-0.3, -0.25) is 0 Å². The second kappa shape index (κ2) is 4.74. The van der Waals surface area contributed by atoms with Crippen LogP contribution in [0.4, 0.5) is 11.4 Å². The summed E-state index contributed by atoms with van der Waals surface area (Å²) in [5.74, 6) is 0. The number of anilines is 2. The number of aromatic nitrogens is 1. The molecule has 0 bridgehead atoms. The SMILES string of the molecule is Nc1ccc(-n2cccc2)cc1N1CCNCC1. The van der Waals surface area contributed by atoms with Gasteiger partial charge in [0.1, 0.15) is 0 Å². The van der Waals surface area contributed by atoms with E-state index in [9.17, 15) is 0 Å². The lowest BCUT2D eigenvalue weighted by atomic mass is 10.2. The Labute approximate surface area is 107 Å². The smallest absolute Gasteiger partial charge is 0.0621 e. The van der Waals surface area contributed by atoms with Gasteiger partial charge in [-0.1, -0.05) is 0 Å². The molecule has 0 aliphatic carbocycles. The zero-order valence-corrected chi connectivity index (χ0v) is 10.3. The molecule has 2 heterocycles. The van der Waals surface area contributed by atoms with E-state index in [1.165, 1.54) is 0 Å². The summed E-state index contributed by atoms with van der Waals surface area (Å²) in [7, 11) is 0. The van der Waals surface area contributed by atoms with Crippen molar-refractivity contribution in [2.75, 3.05) is 36.8 Å². The summed E-state index contributed by atoms with van der Waals surface area (Å²) in [6, 6.07) is 10.3. The molecule has 3 N–H and O–H groups in total. The maximum absolute atomic E-state index is 6.10. The van der Waals surface area contributed by atoms with Crippen molar-refractivity contribution in [2.45, 2.75) is 0 Å². The molecule has 3 rings (SSSR count). The topological polar surface area (TPSA) is 46.2 Å². The Hall–Kier alpha value is -1.94. The molecule has 4 heteroatoms. The van der Waals surface area contributed by atoms with Gasteiger partial charge in [-0.05, 0) is 30.3 Å². The quantitative estimate of drug-likeness (QED) is 0.784. The molecule has 1 aliphatic heterocycles. The molecule has 0 saturated carbocycles. The molecule has 2 aromatic rings. The lowest BCUT2D eigenvalue weighted by Gasteiger charge is -2.30. The second-order valence-corrected chi connectivity index (χ2v) is 4.57. The predicted octanol–water partition coefficient (Wildman–Crippen LogP) is 1.47. The van der Waals surface area contributed by atoms with Crippen molar-refractivity contribution < 1.29 is 0 Å². The van der Waals surface area contributed by atoms with Gasteiger partial charge in [0.05, 0.1) is 11.4 Å². The lowest BCUT2D eigenvalue weighted by Crippen LogP contribution is -2.43. The number of nitrogens with one attached hydrogen (secondary N) is 1. The average molecular weight is 242 g/mol. The normalized spacial score (nSPS) is 15.9. The molecule has 1 fully saturated rings. The van der Waals surface area contributed by atoms with E-state index in [0.29, 0.717) is 0 Å². The van der Waals surface area contributed by atoms with Gasteiger partial charge >= 0.3 is 0 Å². The lowest BCUT2D eigenvalue weighted by molar-refractivity contribution is 0.589. The first-order chi connectivity index (χ1) is 8.84. The fraction of sp³-hybridized carbons (Fsp3) is 0.286. The van der Waals surface area contributed by atoms with E-state index in [1.807, 2.05) is 30.6 Å². The van der Waals surface area contributed by atoms with Gasteiger partial charge in [0.2, 0.25) is 0 Å². The number of nitrogen functional groups attached to an aromatic ring is 1. The van der Waals surface area contributed by atoms with E-state index < -0.39 is 0 Å². The maximum atomic E-state index is 6.10. The van der Waals surface area contributed by atoms with Crippen molar-refractivity contribution in [1.29, 1.82) is 0 Å². The Morgan fingerprint density at radius 1 is 1.06 bits per heavy atom. The minimum atomic E-state index is 0.854. The van der Waals surface area contributed by atoms with Gasteiger partial charge in [-0.25, -0.2) is 0 Å². The third-order valence-corrected chi connectivity index (χ3v) is 3.37. The Balaban J connectivity index is 1.95. The summed E-state index contributed by atoms with van der Waals surface area (Å²) in [5, 5.41) is 3.36. The molecule has 0 atom stereocenters. The van der Waals surface area contributed by atoms with Crippen molar-refractivity contribution in [1.82, 2.24) is 9.88 Å². The van der Waals surface area contributed by atoms with Crippen LogP contribution in [0.15, 0.2) is 42.7 Å². The number of nitrogens with zero attached hydrogens (tertiary/aromatic N) is 2. The molecule has 1 aromatic heterocycles. The number of hydrogen-bond acceptors (Lipinski definition) is 3. The van der Waals surface area contributed by atoms with E-state index >= 15 is 0 Å². The third kappa shape index (κ3) is 2.07. The number of nitrogens with two attached hydrogens (primary N) is 1. The molecular weight excluding hydrogens is 224 g/mol. The summed E-state index contributed by atoms with van der Waals surface area (Å²) >= 11 is 0. The Morgan fingerprint density at radius 2 is 1.78 bits per heavy atom. The maximum Gasteiger partial charge on any atom is 0.0621 e. The van der Waals surface area contributed by atoms with Crippen LogP contribution in [0.5, 0.6) is 0 Å². The highest BCUT2D eigenvalue weighted by Crippen LogP contribution is 2.26. The highest BCUT2D eigenvalue weighted by molar-refractivity contribution is 5.71. The van der Waals surface area contributed by atoms with E-state index in [1.54, 1.807) is 0 Å². The highest BCUT2D eigenvalue weighted by Gasteiger charge is 2.13. The molecule has 0 amide bonds. The first kappa shape index (κ1) is 11.2. The first-order valence-electron chi connectivity index (χ1n) is 6.33. The van der Waals surface area contributed by atoms with Crippen LogP contribution in [0.3, 0.4) is 0 Å². The van der Waals surface area contributed by atoms with Crippen molar-refractivity contribution in [3.8, 4) is 5.69 Å². The highest BCUT2D eigenvalue weighted by atomic mass is 15.2. The largest absolute Gasteiger partial charge is 0.397 e. The van der Waals surface area contributed by atoms with Gasteiger partial charge in [0.25, 0.3) is 0 Å². The standard InChI is InChI=1S/C14H18N4/c15-13-4-3-12(17-7-1-2-8-17)11-14(13)18-9-5-16-6-10-18/h1-4,7-8,11,16H,5-6,9-10,15H2. The van der Waals surface area contributed by atoms with Gasteiger partial charge in [-0.2, -0.15) is 0 Å². The molecule has 1 saturated heterocycles. The molecule has 0 unspecified atom stereocenters. The van der Waals surface area contributed by atoms with Crippen LogP contribution in [-0.4, -0.2) is 30.7 Å².